The Balaban J connectivity index is 1.77. The second-order valence-electron chi connectivity index (χ2n) is 5.67. The van der Waals surface area contributed by atoms with Crippen molar-refractivity contribution >= 4 is 11.3 Å². The van der Waals surface area contributed by atoms with Crippen molar-refractivity contribution in [2.75, 3.05) is 13.2 Å². The number of para-hydroxylation sites is 1. The van der Waals surface area contributed by atoms with Crippen molar-refractivity contribution in [1.82, 2.24) is 5.32 Å². The van der Waals surface area contributed by atoms with E-state index in [1.165, 1.54) is 17.5 Å². The molecule has 0 saturated carbocycles. The Hall–Kier alpha value is -1.32. The molecule has 1 aromatic carbocycles. The molecule has 0 saturated heterocycles. The summed E-state index contributed by atoms with van der Waals surface area (Å²) in [6, 6.07) is 11.2. The fraction of sp³-hybridized carbons (Fsp3) is 0.444. The van der Waals surface area contributed by atoms with E-state index in [0.29, 0.717) is 12.0 Å². The number of ether oxygens (including phenoxy) is 1. The Morgan fingerprint density at radius 3 is 3.05 bits per heavy atom. The highest BCUT2D eigenvalue weighted by atomic mass is 32.1. The minimum Gasteiger partial charge on any atom is -0.493 e. The SMILES string of the molecule is CCCNC(CC1CCOc2ccccc21)c1ccsc1. The fourth-order valence-electron chi connectivity index (χ4n) is 3.07. The van der Waals surface area contributed by atoms with Gasteiger partial charge < -0.3 is 10.1 Å². The lowest BCUT2D eigenvalue weighted by atomic mass is 9.86. The number of hydrogen-bond acceptors (Lipinski definition) is 3. The molecule has 112 valence electrons. The van der Waals surface area contributed by atoms with Crippen molar-refractivity contribution in [2.45, 2.75) is 38.1 Å². The number of rotatable bonds is 6. The van der Waals surface area contributed by atoms with E-state index in [0.717, 1.165) is 31.7 Å². The van der Waals surface area contributed by atoms with Gasteiger partial charge in [-0.3, -0.25) is 0 Å². The highest BCUT2D eigenvalue weighted by Crippen LogP contribution is 2.39. The second-order valence-corrected chi connectivity index (χ2v) is 6.45. The average molecular weight is 301 g/mol. The van der Waals surface area contributed by atoms with Crippen LogP contribution in [0.1, 0.15) is 49.3 Å². The maximum atomic E-state index is 5.79. The largest absolute Gasteiger partial charge is 0.493 e. The zero-order valence-corrected chi connectivity index (χ0v) is 13.4. The molecule has 2 unspecified atom stereocenters. The number of thiophene rings is 1. The van der Waals surface area contributed by atoms with Gasteiger partial charge in [0.15, 0.2) is 0 Å². The van der Waals surface area contributed by atoms with Crippen molar-refractivity contribution in [3.63, 3.8) is 0 Å². The Morgan fingerprint density at radius 2 is 2.24 bits per heavy atom. The Morgan fingerprint density at radius 1 is 1.33 bits per heavy atom. The van der Waals surface area contributed by atoms with E-state index < -0.39 is 0 Å². The van der Waals surface area contributed by atoms with E-state index >= 15 is 0 Å². The normalized spacial score (nSPS) is 18.8. The van der Waals surface area contributed by atoms with Crippen LogP contribution in [0, 0.1) is 0 Å². The van der Waals surface area contributed by atoms with Crippen LogP contribution in [0.3, 0.4) is 0 Å². The molecular formula is C18H23NOS. The van der Waals surface area contributed by atoms with Crippen LogP contribution in [-0.4, -0.2) is 13.2 Å². The minimum absolute atomic E-state index is 0.451. The molecule has 2 nitrogen and oxygen atoms in total. The highest BCUT2D eigenvalue weighted by molar-refractivity contribution is 7.07. The third-order valence-corrected chi connectivity index (χ3v) is 4.89. The molecule has 0 radical (unpaired) electrons. The molecule has 2 aromatic rings. The summed E-state index contributed by atoms with van der Waals surface area (Å²) in [6.45, 7) is 4.14. The fourth-order valence-corrected chi connectivity index (χ4v) is 3.79. The van der Waals surface area contributed by atoms with Crippen LogP contribution in [0.2, 0.25) is 0 Å². The summed E-state index contributed by atoms with van der Waals surface area (Å²) in [7, 11) is 0. The lowest BCUT2D eigenvalue weighted by Gasteiger charge is -2.29. The molecule has 0 fully saturated rings. The van der Waals surface area contributed by atoms with Gasteiger partial charge in [0.2, 0.25) is 0 Å². The summed E-state index contributed by atoms with van der Waals surface area (Å²) in [5.74, 6) is 1.66. The van der Waals surface area contributed by atoms with E-state index in [1.54, 1.807) is 11.3 Å². The first-order valence-electron chi connectivity index (χ1n) is 7.85. The molecule has 1 aliphatic heterocycles. The smallest absolute Gasteiger partial charge is 0.122 e. The van der Waals surface area contributed by atoms with Gasteiger partial charge >= 0.3 is 0 Å². The molecular weight excluding hydrogens is 278 g/mol. The van der Waals surface area contributed by atoms with Gasteiger partial charge in [-0.1, -0.05) is 25.1 Å². The van der Waals surface area contributed by atoms with Crippen molar-refractivity contribution in [1.29, 1.82) is 0 Å². The Labute approximate surface area is 131 Å². The molecule has 0 bridgehead atoms. The molecule has 1 aromatic heterocycles. The molecule has 3 rings (SSSR count). The monoisotopic (exact) mass is 301 g/mol. The van der Waals surface area contributed by atoms with Crippen LogP contribution in [0.25, 0.3) is 0 Å². The third kappa shape index (κ3) is 3.47. The number of fused-ring (bicyclic) bond motifs is 1. The van der Waals surface area contributed by atoms with E-state index in [4.69, 9.17) is 4.74 Å². The first-order valence-corrected chi connectivity index (χ1v) is 8.80. The van der Waals surface area contributed by atoms with Crippen molar-refractivity contribution < 1.29 is 4.74 Å². The van der Waals surface area contributed by atoms with E-state index in [9.17, 15) is 0 Å². The van der Waals surface area contributed by atoms with Crippen molar-refractivity contribution in [3.05, 3.63) is 52.2 Å². The summed E-state index contributed by atoms with van der Waals surface area (Å²) in [6.07, 6.45) is 3.44. The zero-order valence-electron chi connectivity index (χ0n) is 12.5. The number of nitrogens with one attached hydrogen (secondary N) is 1. The van der Waals surface area contributed by atoms with Gasteiger partial charge in [-0.25, -0.2) is 0 Å². The standard InChI is InChI=1S/C18H23NOS/c1-2-9-19-17(15-8-11-21-13-15)12-14-7-10-20-18-6-4-3-5-16(14)18/h3-6,8,11,13-14,17,19H,2,7,9-10,12H2,1H3. The van der Waals surface area contributed by atoms with Crippen LogP contribution in [0.15, 0.2) is 41.1 Å². The first kappa shape index (κ1) is 14.6. The maximum absolute atomic E-state index is 5.79. The summed E-state index contributed by atoms with van der Waals surface area (Å²) in [5, 5.41) is 8.17. The van der Waals surface area contributed by atoms with Crippen molar-refractivity contribution in [3.8, 4) is 5.75 Å². The van der Waals surface area contributed by atoms with E-state index in [2.05, 4.69) is 53.3 Å². The van der Waals surface area contributed by atoms with Gasteiger partial charge in [-0.05, 0) is 65.7 Å². The summed E-state index contributed by atoms with van der Waals surface area (Å²) in [4.78, 5) is 0. The lowest BCUT2D eigenvalue weighted by Crippen LogP contribution is -2.25. The second kappa shape index (κ2) is 7.10. The predicted octanol–water partition coefficient (Wildman–Crippen LogP) is 4.75. The third-order valence-electron chi connectivity index (χ3n) is 4.19. The van der Waals surface area contributed by atoms with Crippen molar-refractivity contribution in [2.24, 2.45) is 0 Å². The molecule has 0 spiro atoms. The number of benzene rings is 1. The highest BCUT2D eigenvalue weighted by Gasteiger charge is 2.25. The molecule has 1 aliphatic rings. The summed E-state index contributed by atoms with van der Waals surface area (Å²) in [5.41, 5.74) is 2.81. The number of hydrogen-bond donors (Lipinski definition) is 1. The molecule has 1 N–H and O–H groups in total. The quantitative estimate of drug-likeness (QED) is 0.831. The molecule has 21 heavy (non-hydrogen) atoms. The lowest BCUT2D eigenvalue weighted by molar-refractivity contribution is 0.255. The van der Waals surface area contributed by atoms with E-state index in [1.807, 2.05) is 0 Å². The van der Waals surface area contributed by atoms with E-state index in [-0.39, 0.29) is 0 Å². The van der Waals surface area contributed by atoms with Crippen LogP contribution >= 0.6 is 11.3 Å². The predicted molar refractivity (Wildman–Crippen MR) is 89.3 cm³/mol. The maximum Gasteiger partial charge on any atom is 0.122 e. The van der Waals surface area contributed by atoms with Crippen LogP contribution < -0.4 is 10.1 Å². The average Bonchev–Trinajstić information content (AvgIpc) is 3.06. The van der Waals surface area contributed by atoms with Gasteiger partial charge in [0.1, 0.15) is 5.75 Å². The zero-order chi connectivity index (χ0) is 14.5. The van der Waals surface area contributed by atoms with Gasteiger partial charge in [0, 0.05) is 6.04 Å². The van der Waals surface area contributed by atoms with Gasteiger partial charge in [0.05, 0.1) is 6.61 Å². The molecule has 2 heterocycles. The first-order chi connectivity index (χ1) is 10.4. The summed E-state index contributed by atoms with van der Waals surface area (Å²) < 4.78 is 5.79. The topological polar surface area (TPSA) is 21.3 Å². The Kier molecular flexibility index (Phi) is 4.94. The minimum atomic E-state index is 0.451. The summed E-state index contributed by atoms with van der Waals surface area (Å²) >= 11 is 1.78. The Bertz CT molecular complexity index is 552. The molecule has 0 aliphatic carbocycles. The van der Waals surface area contributed by atoms with Crippen LogP contribution in [0.4, 0.5) is 0 Å². The molecule has 0 amide bonds. The van der Waals surface area contributed by atoms with Crippen LogP contribution in [-0.2, 0) is 0 Å². The molecule has 2 atom stereocenters. The molecule has 3 heteroatoms. The van der Waals surface area contributed by atoms with Gasteiger partial charge in [0.25, 0.3) is 0 Å². The van der Waals surface area contributed by atoms with Gasteiger partial charge in [-0.15, -0.1) is 0 Å². The van der Waals surface area contributed by atoms with Gasteiger partial charge in [-0.2, -0.15) is 11.3 Å². The van der Waals surface area contributed by atoms with Crippen LogP contribution in [0.5, 0.6) is 5.75 Å².